The van der Waals surface area contributed by atoms with Crippen molar-refractivity contribution in [3.05, 3.63) is 29.4 Å². The number of rotatable bonds is 6. The number of aromatic nitrogens is 3. The molecule has 2 aromatic rings. The average Bonchev–Trinajstić information content (AvgIpc) is 3.01. The van der Waals surface area contributed by atoms with E-state index in [0.29, 0.717) is 37.0 Å². The van der Waals surface area contributed by atoms with Crippen LogP contribution in [0.3, 0.4) is 0 Å². The molecule has 0 saturated heterocycles. The molecule has 1 atom stereocenters. The van der Waals surface area contributed by atoms with Gasteiger partial charge < -0.3 is 14.6 Å². The molecule has 0 bridgehead atoms. The third-order valence-corrected chi connectivity index (χ3v) is 4.28. The molecule has 0 fully saturated rings. The van der Waals surface area contributed by atoms with Crippen LogP contribution in [0.25, 0.3) is 0 Å². The lowest BCUT2D eigenvalue weighted by atomic mass is 10.0. The van der Waals surface area contributed by atoms with E-state index in [0.717, 1.165) is 24.2 Å². The second-order valence-electron chi connectivity index (χ2n) is 5.99. The standard InChI is InChI=1S/C17H23N5O3/c1-4-14(16(23)20-15-8-11(3)25-21-15)22-7-6-13-12(9-22)17(24-5-2)19-10-18-13/h8,10,14H,4-7,9H2,1-3H3,(H,20,21,23)/t14-/m0/s1. The molecule has 8 heteroatoms. The van der Waals surface area contributed by atoms with Crippen LogP contribution in [0.1, 0.15) is 37.3 Å². The lowest BCUT2D eigenvalue weighted by molar-refractivity contribution is -0.121. The van der Waals surface area contributed by atoms with Crippen LogP contribution < -0.4 is 10.1 Å². The lowest BCUT2D eigenvalue weighted by Gasteiger charge is -2.33. The molecule has 0 spiro atoms. The highest BCUT2D eigenvalue weighted by Crippen LogP contribution is 2.26. The van der Waals surface area contributed by atoms with Crippen molar-refractivity contribution in [2.24, 2.45) is 0 Å². The predicted molar refractivity (Wildman–Crippen MR) is 91.3 cm³/mol. The molecular formula is C17H23N5O3. The molecule has 1 amide bonds. The normalized spacial score (nSPS) is 15.5. The molecule has 0 aromatic carbocycles. The molecule has 3 rings (SSSR count). The van der Waals surface area contributed by atoms with Crippen molar-refractivity contribution < 1.29 is 14.1 Å². The molecule has 2 aromatic heterocycles. The number of fused-ring (bicyclic) bond motifs is 1. The van der Waals surface area contributed by atoms with Gasteiger partial charge in [0.15, 0.2) is 5.82 Å². The van der Waals surface area contributed by atoms with Gasteiger partial charge in [-0.1, -0.05) is 12.1 Å². The van der Waals surface area contributed by atoms with E-state index in [2.05, 4.69) is 25.3 Å². The summed E-state index contributed by atoms with van der Waals surface area (Å²) in [4.78, 5) is 23.4. The topological polar surface area (TPSA) is 93.4 Å². The van der Waals surface area contributed by atoms with Gasteiger partial charge in [0.1, 0.15) is 12.1 Å². The third kappa shape index (κ3) is 3.79. The van der Waals surface area contributed by atoms with Crippen molar-refractivity contribution in [3.63, 3.8) is 0 Å². The number of ether oxygens (including phenoxy) is 1. The van der Waals surface area contributed by atoms with E-state index in [1.54, 1.807) is 13.0 Å². The summed E-state index contributed by atoms with van der Waals surface area (Å²) in [5, 5.41) is 6.65. The Morgan fingerprint density at radius 2 is 2.28 bits per heavy atom. The number of amides is 1. The summed E-state index contributed by atoms with van der Waals surface area (Å²) >= 11 is 0. The van der Waals surface area contributed by atoms with Crippen molar-refractivity contribution in [2.75, 3.05) is 18.5 Å². The van der Waals surface area contributed by atoms with Crippen LogP contribution in [-0.4, -0.2) is 45.1 Å². The van der Waals surface area contributed by atoms with Crippen molar-refractivity contribution in [1.29, 1.82) is 0 Å². The zero-order valence-electron chi connectivity index (χ0n) is 14.8. The minimum Gasteiger partial charge on any atom is -0.478 e. The summed E-state index contributed by atoms with van der Waals surface area (Å²) in [5.74, 6) is 1.62. The van der Waals surface area contributed by atoms with E-state index in [1.807, 2.05) is 13.8 Å². The molecule has 25 heavy (non-hydrogen) atoms. The Morgan fingerprint density at radius 3 is 2.96 bits per heavy atom. The molecule has 0 radical (unpaired) electrons. The summed E-state index contributed by atoms with van der Waals surface area (Å²) in [6, 6.07) is 1.44. The number of carbonyl (C=O) groups excluding carboxylic acids is 1. The first-order valence-electron chi connectivity index (χ1n) is 8.56. The van der Waals surface area contributed by atoms with Crippen LogP contribution in [0.5, 0.6) is 5.88 Å². The van der Waals surface area contributed by atoms with E-state index in [9.17, 15) is 4.79 Å². The maximum atomic E-state index is 12.7. The molecule has 8 nitrogen and oxygen atoms in total. The van der Waals surface area contributed by atoms with E-state index >= 15 is 0 Å². The minimum absolute atomic E-state index is 0.0888. The van der Waals surface area contributed by atoms with Gasteiger partial charge in [0.05, 0.1) is 18.3 Å². The highest BCUT2D eigenvalue weighted by Gasteiger charge is 2.30. The van der Waals surface area contributed by atoms with Crippen LogP contribution in [0.4, 0.5) is 5.82 Å². The van der Waals surface area contributed by atoms with Gasteiger partial charge in [-0.25, -0.2) is 9.97 Å². The van der Waals surface area contributed by atoms with Gasteiger partial charge in [0.25, 0.3) is 0 Å². The number of nitrogens with one attached hydrogen (secondary N) is 1. The Bertz CT molecular complexity index is 746. The Hall–Kier alpha value is -2.48. The number of carbonyl (C=O) groups is 1. The Morgan fingerprint density at radius 1 is 1.44 bits per heavy atom. The SMILES string of the molecule is CCOc1ncnc2c1CN([C@@H](CC)C(=O)Nc1cc(C)on1)CC2. The smallest absolute Gasteiger partial charge is 0.242 e. The predicted octanol–water partition coefficient (Wildman–Crippen LogP) is 1.95. The van der Waals surface area contributed by atoms with Crippen LogP contribution in [0.2, 0.25) is 0 Å². The van der Waals surface area contributed by atoms with E-state index in [-0.39, 0.29) is 11.9 Å². The van der Waals surface area contributed by atoms with Crippen molar-refractivity contribution in [3.8, 4) is 5.88 Å². The number of anilines is 1. The molecule has 0 unspecified atom stereocenters. The molecule has 0 aliphatic carbocycles. The third-order valence-electron chi connectivity index (χ3n) is 4.28. The van der Waals surface area contributed by atoms with Crippen molar-refractivity contribution >= 4 is 11.7 Å². The van der Waals surface area contributed by atoms with Gasteiger partial charge in [0, 0.05) is 31.1 Å². The quantitative estimate of drug-likeness (QED) is 0.855. The monoisotopic (exact) mass is 345 g/mol. The fourth-order valence-electron chi connectivity index (χ4n) is 3.11. The minimum atomic E-state index is -0.264. The maximum absolute atomic E-state index is 12.7. The van der Waals surface area contributed by atoms with E-state index in [1.165, 1.54) is 6.33 Å². The highest BCUT2D eigenvalue weighted by molar-refractivity contribution is 5.94. The zero-order chi connectivity index (χ0) is 17.8. The maximum Gasteiger partial charge on any atom is 0.242 e. The van der Waals surface area contributed by atoms with Crippen LogP contribution in [-0.2, 0) is 17.8 Å². The number of aryl methyl sites for hydroxylation is 1. The second kappa shape index (κ2) is 7.60. The van der Waals surface area contributed by atoms with Gasteiger partial charge in [0.2, 0.25) is 11.8 Å². The second-order valence-corrected chi connectivity index (χ2v) is 5.99. The fourth-order valence-corrected chi connectivity index (χ4v) is 3.11. The summed E-state index contributed by atoms with van der Waals surface area (Å²) < 4.78 is 10.6. The first-order valence-corrected chi connectivity index (χ1v) is 8.56. The van der Waals surface area contributed by atoms with Crippen molar-refractivity contribution in [1.82, 2.24) is 20.0 Å². The van der Waals surface area contributed by atoms with E-state index < -0.39 is 0 Å². The van der Waals surface area contributed by atoms with Gasteiger partial charge in [-0.15, -0.1) is 0 Å². The van der Waals surface area contributed by atoms with Crippen LogP contribution >= 0.6 is 0 Å². The van der Waals surface area contributed by atoms with E-state index in [4.69, 9.17) is 9.26 Å². The zero-order valence-corrected chi connectivity index (χ0v) is 14.8. The Kier molecular flexibility index (Phi) is 5.28. The number of nitrogens with zero attached hydrogens (tertiary/aromatic N) is 4. The number of hydrogen-bond donors (Lipinski definition) is 1. The molecule has 1 N–H and O–H groups in total. The summed E-state index contributed by atoms with van der Waals surface area (Å²) in [6.45, 7) is 7.62. The van der Waals surface area contributed by atoms with Gasteiger partial charge >= 0.3 is 0 Å². The number of hydrogen-bond acceptors (Lipinski definition) is 7. The Labute approximate surface area is 146 Å². The van der Waals surface area contributed by atoms with Gasteiger partial charge in [-0.3, -0.25) is 9.69 Å². The molecule has 0 saturated carbocycles. The molecule has 134 valence electrons. The summed E-state index contributed by atoms with van der Waals surface area (Å²) in [5.41, 5.74) is 1.97. The first-order chi connectivity index (χ1) is 12.1. The summed E-state index contributed by atoms with van der Waals surface area (Å²) in [6.07, 6.45) is 3.00. The van der Waals surface area contributed by atoms with Gasteiger partial charge in [-0.2, -0.15) is 0 Å². The Balaban J connectivity index is 1.75. The van der Waals surface area contributed by atoms with Gasteiger partial charge in [-0.05, 0) is 20.3 Å². The molecule has 3 heterocycles. The van der Waals surface area contributed by atoms with Crippen LogP contribution in [0, 0.1) is 6.92 Å². The highest BCUT2D eigenvalue weighted by atomic mass is 16.5. The first kappa shape index (κ1) is 17.3. The lowest BCUT2D eigenvalue weighted by Crippen LogP contribution is -2.46. The van der Waals surface area contributed by atoms with Crippen molar-refractivity contribution in [2.45, 2.75) is 46.2 Å². The fraction of sp³-hybridized carbons (Fsp3) is 0.529. The van der Waals surface area contributed by atoms with Crippen LogP contribution in [0.15, 0.2) is 16.9 Å². The molecule has 1 aliphatic heterocycles. The average molecular weight is 345 g/mol. The molecular weight excluding hydrogens is 322 g/mol. The molecule has 1 aliphatic rings. The summed E-state index contributed by atoms with van der Waals surface area (Å²) in [7, 11) is 0. The largest absolute Gasteiger partial charge is 0.478 e.